The lowest BCUT2D eigenvalue weighted by Crippen LogP contribution is -2.24. The number of amides is 1. The van der Waals surface area contributed by atoms with Crippen LogP contribution in [0.15, 0.2) is 35.9 Å². The summed E-state index contributed by atoms with van der Waals surface area (Å²) in [4.78, 5) is 27.3. The molecule has 3 heterocycles. The quantitative estimate of drug-likeness (QED) is 0.534. The number of hydrogen-bond donors (Lipinski definition) is 2. The van der Waals surface area contributed by atoms with Crippen molar-refractivity contribution in [1.82, 2.24) is 25.3 Å². The molecule has 1 aliphatic heterocycles. The highest BCUT2D eigenvalue weighted by Gasteiger charge is 2.14. The number of nitrogens with zero attached hydrogens (tertiary/aromatic N) is 3. The summed E-state index contributed by atoms with van der Waals surface area (Å²) in [6, 6.07) is 5.61. The third kappa shape index (κ3) is 2.98. The van der Waals surface area contributed by atoms with E-state index in [4.69, 9.17) is 9.47 Å². The molecule has 4 rings (SSSR count). The second kappa shape index (κ2) is 6.36. The van der Waals surface area contributed by atoms with Gasteiger partial charge in [-0.25, -0.2) is 15.0 Å². The Bertz CT molecular complexity index is 898. The highest BCUT2D eigenvalue weighted by atomic mass is 32.2. The van der Waals surface area contributed by atoms with Crippen molar-refractivity contribution >= 4 is 28.8 Å². The molecule has 8 nitrogen and oxygen atoms in total. The molecule has 1 amide bonds. The molecule has 3 aromatic rings. The molecule has 2 N–H and O–H groups in total. The maximum Gasteiger partial charge on any atom is 0.231 e. The summed E-state index contributed by atoms with van der Waals surface area (Å²) in [5.74, 6) is 1.62. The molecule has 24 heavy (non-hydrogen) atoms. The van der Waals surface area contributed by atoms with Crippen LogP contribution in [0.5, 0.6) is 11.5 Å². The van der Waals surface area contributed by atoms with Crippen molar-refractivity contribution in [2.75, 3.05) is 12.5 Å². The van der Waals surface area contributed by atoms with Crippen molar-refractivity contribution < 1.29 is 14.3 Å². The van der Waals surface area contributed by atoms with Gasteiger partial charge in [0.05, 0.1) is 12.1 Å². The Hall–Kier alpha value is -2.81. The molecular weight excluding hydrogens is 330 g/mol. The molecular formula is C15H13N5O3S. The molecule has 0 fully saturated rings. The summed E-state index contributed by atoms with van der Waals surface area (Å²) in [6.45, 7) is 0.669. The molecule has 0 radical (unpaired) electrons. The van der Waals surface area contributed by atoms with E-state index < -0.39 is 0 Å². The number of imidazole rings is 1. The third-order valence-electron chi connectivity index (χ3n) is 3.45. The smallest absolute Gasteiger partial charge is 0.231 e. The molecule has 0 atom stereocenters. The van der Waals surface area contributed by atoms with Crippen molar-refractivity contribution in [2.24, 2.45) is 0 Å². The third-order valence-corrected chi connectivity index (χ3v) is 4.44. The van der Waals surface area contributed by atoms with E-state index in [-0.39, 0.29) is 18.5 Å². The van der Waals surface area contributed by atoms with Crippen molar-refractivity contribution in [2.45, 2.75) is 11.6 Å². The summed E-state index contributed by atoms with van der Waals surface area (Å²) in [7, 11) is 0. The van der Waals surface area contributed by atoms with Crippen LogP contribution in [0.3, 0.4) is 0 Å². The minimum absolute atomic E-state index is 0.0797. The molecule has 0 bridgehead atoms. The average molecular weight is 343 g/mol. The van der Waals surface area contributed by atoms with Gasteiger partial charge in [-0.2, -0.15) is 0 Å². The van der Waals surface area contributed by atoms with Crippen LogP contribution >= 0.6 is 11.8 Å². The zero-order valence-electron chi connectivity index (χ0n) is 12.5. The first-order valence-corrected chi connectivity index (χ1v) is 8.20. The predicted octanol–water partition coefficient (Wildman–Crippen LogP) is 1.49. The lowest BCUT2D eigenvalue weighted by Gasteiger charge is -2.06. The van der Waals surface area contributed by atoms with E-state index in [1.54, 1.807) is 6.33 Å². The monoisotopic (exact) mass is 343 g/mol. The number of ether oxygens (including phenoxy) is 2. The van der Waals surface area contributed by atoms with Crippen LogP contribution in [0, 0.1) is 0 Å². The van der Waals surface area contributed by atoms with Crippen LogP contribution in [0.1, 0.15) is 5.56 Å². The lowest BCUT2D eigenvalue weighted by atomic mass is 10.2. The molecule has 122 valence electrons. The van der Waals surface area contributed by atoms with E-state index in [1.165, 1.54) is 18.1 Å². The number of rotatable bonds is 5. The summed E-state index contributed by atoms with van der Waals surface area (Å²) in [5, 5.41) is 3.58. The van der Waals surface area contributed by atoms with Crippen molar-refractivity contribution in [3.63, 3.8) is 0 Å². The van der Waals surface area contributed by atoms with Gasteiger partial charge in [0.1, 0.15) is 16.9 Å². The van der Waals surface area contributed by atoms with Gasteiger partial charge < -0.3 is 19.8 Å². The first kappa shape index (κ1) is 14.8. The van der Waals surface area contributed by atoms with E-state index in [9.17, 15) is 4.79 Å². The number of thioether (sulfide) groups is 1. The summed E-state index contributed by atoms with van der Waals surface area (Å²) in [5.41, 5.74) is 2.29. The second-order valence-corrected chi connectivity index (χ2v) is 6.00. The van der Waals surface area contributed by atoms with Gasteiger partial charge in [0, 0.05) is 6.54 Å². The van der Waals surface area contributed by atoms with Gasteiger partial charge in [0.2, 0.25) is 12.7 Å². The van der Waals surface area contributed by atoms with Crippen LogP contribution in [-0.2, 0) is 11.3 Å². The molecule has 0 aliphatic carbocycles. The molecule has 0 unspecified atom stereocenters. The van der Waals surface area contributed by atoms with Gasteiger partial charge >= 0.3 is 0 Å². The molecule has 0 spiro atoms. The van der Waals surface area contributed by atoms with Crippen LogP contribution in [-0.4, -0.2) is 38.4 Å². The first-order chi connectivity index (χ1) is 11.8. The standard InChI is InChI=1S/C15H13N5O3S/c21-12(5-24-15-13-14(18-6-17-13)19-7-20-15)16-4-9-1-2-10-11(3-9)23-8-22-10/h1-3,6-7H,4-5,8H2,(H,16,21)(H,17,18,19,20). The average Bonchev–Trinajstić information content (AvgIpc) is 3.26. The molecule has 2 aromatic heterocycles. The van der Waals surface area contributed by atoms with Gasteiger partial charge in [-0.15, -0.1) is 0 Å². The van der Waals surface area contributed by atoms with E-state index >= 15 is 0 Å². The molecule has 1 aliphatic rings. The fraction of sp³-hybridized carbons (Fsp3) is 0.200. The second-order valence-electron chi connectivity index (χ2n) is 5.03. The van der Waals surface area contributed by atoms with Crippen molar-refractivity contribution in [3.8, 4) is 11.5 Å². The van der Waals surface area contributed by atoms with Crippen LogP contribution < -0.4 is 14.8 Å². The van der Waals surface area contributed by atoms with Gasteiger partial charge in [0.25, 0.3) is 0 Å². The van der Waals surface area contributed by atoms with Crippen LogP contribution in [0.2, 0.25) is 0 Å². The normalized spacial score (nSPS) is 12.5. The number of fused-ring (bicyclic) bond motifs is 2. The number of aromatic nitrogens is 4. The summed E-state index contributed by atoms with van der Waals surface area (Å²) < 4.78 is 10.6. The highest BCUT2D eigenvalue weighted by molar-refractivity contribution is 8.00. The van der Waals surface area contributed by atoms with Crippen molar-refractivity contribution in [3.05, 3.63) is 36.4 Å². The van der Waals surface area contributed by atoms with E-state index in [2.05, 4.69) is 25.3 Å². The topological polar surface area (TPSA) is 102 Å². The molecule has 0 saturated heterocycles. The molecule has 1 aromatic carbocycles. The maximum atomic E-state index is 12.0. The number of aromatic amines is 1. The van der Waals surface area contributed by atoms with Gasteiger partial charge in [0.15, 0.2) is 17.1 Å². The Kier molecular flexibility index (Phi) is 3.91. The SMILES string of the molecule is O=C(CSc1ncnc2nc[nH]c12)NCc1ccc2c(c1)OCO2. The largest absolute Gasteiger partial charge is 0.454 e. The summed E-state index contributed by atoms with van der Waals surface area (Å²) in [6.07, 6.45) is 3.00. The molecule has 0 saturated carbocycles. The van der Waals surface area contributed by atoms with Gasteiger partial charge in [-0.3, -0.25) is 4.79 Å². The van der Waals surface area contributed by atoms with Crippen LogP contribution in [0.25, 0.3) is 11.2 Å². The molecule has 9 heteroatoms. The van der Waals surface area contributed by atoms with E-state index in [0.29, 0.717) is 23.0 Å². The predicted molar refractivity (Wildman–Crippen MR) is 86.8 cm³/mol. The number of nitrogens with one attached hydrogen (secondary N) is 2. The lowest BCUT2D eigenvalue weighted by molar-refractivity contribution is -0.118. The van der Waals surface area contributed by atoms with E-state index in [0.717, 1.165) is 16.8 Å². The summed E-state index contributed by atoms with van der Waals surface area (Å²) >= 11 is 1.34. The Morgan fingerprint density at radius 1 is 1.25 bits per heavy atom. The Balaban J connectivity index is 1.33. The number of benzene rings is 1. The fourth-order valence-electron chi connectivity index (χ4n) is 2.29. The minimum Gasteiger partial charge on any atom is -0.454 e. The van der Waals surface area contributed by atoms with E-state index in [1.807, 2.05) is 18.2 Å². The number of H-pyrrole nitrogens is 1. The number of carbonyl (C=O) groups excluding carboxylic acids is 1. The maximum absolute atomic E-state index is 12.0. The van der Waals surface area contributed by atoms with Gasteiger partial charge in [-0.1, -0.05) is 17.8 Å². The Morgan fingerprint density at radius 3 is 3.12 bits per heavy atom. The van der Waals surface area contributed by atoms with Gasteiger partial charge in [-0.05, 0) is 17.7 Å². The first-order valence-electron chi connectivity index (χ1n) is 7.22. The Labute approximate surface area is 141 Å². The fourth-order valence-corrected chi connectivity index (χ4v) is 3.07. The minimum atomic E-state index is -0.0797. The highest BCUT2D eigenvalue weighted by Crippen LogP contribution is 2.32. The number of carbonyl (C=O) groups is 1. The zero-order chi connectivity index (χ0) is 16.4. The number of hydrogen-bond acceptors (Lipinski definition) is 7. The van der Waals surface area contributed by atoms with Crippen molar-refractivity contribution in [1.29, 1.82) is 0 Å². The zero-order valence-corrected chi connectivity index (χ0v) is 13.3. The Morgan fingerprint density at radius 2 is 2.17 bits per heavy atom. The van der Waals surface area contributed by atoms with Crippen LogP contribution in [0.4, 0.5) is 0 Å².